The third-order valence-electron chi connectivity index (χ3n) is 13.7. The van der Waals surface area contributed by atoms with Crippen LogP contribution < -0.4 is 4.90 Å². The SMILES string of the molecule is CC1(C)c2cc(N(c3ccccc3-c3ccccc3)c3cccc4c3-c3ccccc3C4(c3ccccc3)c3ccccc3)ccc2-c2c1c1ccccc1c1ccccc21. The van der Waals surface area contributed by atoms with E-state index in [2.05, 4.69) is 243 Å². The summed E-state index contributed by atoms with van der Waals surface area (Å²) < 4.78 is 0. The molecular formula is C60H43N. The lowest BCUT2D eigenvalue weighted by molar-refractivity contribution is 0.666. The van der Waals surface area contributed by atoms with Gasteiger partial charge in [0.25, 0.3) is 0 Å². The van der Waals surface area contributed by atoms with E-state index in [4.69, 9.17) is 0 Å². The van der Waals surface area contributed by atoms with Crippen molar-refractivity contribution in [1.82, 2.24) is 0 Å². The standard InChI is InChI=1S/C60H43N/c1-59(2)53-39-43(37-38-50(53)56-47-30-14-12-28-45(47)46-29-13-15-31-48(46)58(56)59)61(54-35-19-17-27-44(54)40-21-6-3-7-22-40)55-36-20-34-52-57(55)49-32-16-18-33-51(49)60(52,41-23-8-4-9-24-41)42-25-10-5-11-26-42/h3-39H,1-2H3. The zero-order chi connectivity index (χ0) is 40.7. The average Bonchev–Trinajstić information content (AvgIpc) is 3.76. The van der Waals surface area contributed by atoms with Crippen LogP contribution in [0.3, 0.4) is 0 Å². The van der Waals surface area contributed by atoms with Gasteiger partial charge in [0.05, 0.1) is 16.8 Å². The number of rotatable bonds is 6. The van der Waals surface area contributed by atoms with Gasteiger partial charge in [-0.15, -0.1) is 0 Å². The second-order valence-electron chi connectivity index (χ2n) is 17.1. The summed E-state index contributed by atoms with van der Waals surface area (Å²) in [6, 6.07) is 83.4. The Morgan fingerprint density at radius 1 is 0.344 bits per heavy atom. The number of benzene rings is 10. The maximum absolute atomic E-state index is 2.56. The minimum absolute atomic E-state index is 0.254. The van der Waals surface area contributed by atoms with E-state index in [-0.39, 0.29) is 5.41 Å². The summed E-state index contributed by atoms with van der Waals surface area (Å²) in [5, 5.41) is 5.27. The Morgan fingerprint density at radius 3 is 1.56 bits per heavy atom. The Labute approximate surface area is 357 Å². The van der Waals surface area contributed by atoms with Gasteiger partial charge in [-0.2, -0.15) is 0 Å². The molecule has 1 heteroatoms. The molecule has 1 nitrogen and oxygen atoms in total. The molecule has 0 saturated carbocycles. The lowest BCUT2D eigenvalue weighted by atomic mass is 9.68. The van der Waals surface area contributed by atoms with Gasteiger partial charge in [0, 0.05) is 22.2 Å². The van der Waals surface area contributed by atoms with E-state index in [9.17, 15) is 0 Å². The highest BCUT2D eigenvalue weighted by molar-refractivity contribution is 6.18. The van der Waals surface area contributed by atoms with Crippen molar-refractivity contribution in [3.8, 4) is 33.4 Å². The number of para-hydroxylation sites is 1. The van der Waals surface area contributed by atoms with E-state index >= 15 is 0 Å². The van der Waals surface area contributed by atoms with E-state index in [1.807, 2.05) is 0 Å². The quantitative estimate of drug-likeness (QED) is 0.152. The lowest BCUT2D eigenvalue weighted by Crippen LogP contribution is -2.28. The van der Waals surface area contributed by atoms with Crippen LogP contribution in [0.15, 0.2) is 224 Å². The smallest absolute Gasteiger partial charge is 0.0714 e. The predicted molar refractivity (Wildman–Crippen MR) is 256 cm³/mol. The number of anilines is 3. The first-order chi connectivity index (χ1) is 30.1. The van der Waals surface area contributed by atoms with Gasteiger partial charge < -0.3 is 4.90 Å². The van der Waals surface area contributed by atoms with E-state index in [0.717, 1.165) is 17.1 Å². The number of nitrogens with zero attached hydrogens (tertiary/aromatic N) is 1. The molecule has 0 spiro atoms. The molecule has 0 unspecified atom stereocenters. The molecule has 288 valence electrons. The van der Waals surface area contributed by atoms with Crippen LogP contribution in [0.25, 0.3) is 54.9 Å². The molecular weight excluding hydrogens is 735 g/mol. The highest BCUT2D eigenvalue weighted by Gasteiger charge is 2.47. The third kappa shape index (κ3) is 5.01. The fourth-order valence-electron chi connectivity index (χ4n) is 11.2. The van der Waals surface area contributed by atoms with Crippen molar-refractivity contribution >= 4 is 38.6 Å². The van der Waals surface area contributed by atoms with Gasteiger partial charge in [-0.05, 0) is 101 Å². The topological polar surface area (TPSA) is 3.24 Å². The van der Waals surface area contributed by atoms with Gasteiger partial charge >= 0.3 is 0 Å². The highest BCUT2D eigenvalue weighted by atomic mass is 15.1. The molecule has 0 bridgehead atoms. The van der Waals surface area contributed by atoms with Crippen LogP contribution in [0, 0.1) is 0 Å². The molecule has 0 radical (unpaired) electrons. The van der Waals surface area contributed by atoms with E-state index in [1.165, 1.54) is 88.3 Å². The molecule has 10 aromatic rings. The molecule has 0 saturated heterocycles. The summed E-state index contributed by atoms with van der Waals surface area (Å²) in [4.78, 5) is 2.56. The van der Waals surface area contributed by atoms with E-state index < -0.39 is 5.41 Å². The molecule has 2 aliphatic rings. The fraction of sp³-hybridized carbons (Fsp3) is 0.0667. The first kappa shape index (κ1) is 35.5. The minimum atomic E-state index is -0.515. The van der Waals surface area contributed by atoms with Crippen LogP contribution in [0.4, 0.5) is 17.1 Å². The summed E-state index contributed by atoms with van der Waals surface area (Å²) in [5.74, 6) is 0. The van der Waals surface area contributed by atoms with Crippen molar-refractivity contribution in [3.63, 3.8) is 0 Å². The van der Waals surface area contributed by atoms with Gasteiger partial charge in [0.15, 0.2) is 0 Å². The maximum Gasteiger partial charge on any atom is 0.0714 e. The molecule has 12 rings (SSSR count). The molecule has 0 atom stereocenters. The Kier molecular flexibility index (Phi) is 7.86. The Morgan fingerprint density at radius 2 is 0.852 bits per heavy atom. The summed E-state index contributed by atoms with van der Waals surface area (Å²) in [6.07, 6.45) is 0. The van der Waals surface area contributed by atoms with Crippen LogP contribution in [-0.4, -0.2) is 0 Å². The second kappa shape index (κ2) is 13.5. The van der Waals surface area contributed by atoms with Crippen molar-refractivity contribution in [2.45, 2.75) is 24.7 Å². The van der Waals surface area contributed by atoms with Crippen molar-refractivity contribution in [1.29, 1.82) is 0 Å². The summed E-state index contributed by atoms with van der Waals surface area (Å²) in [7, 11) is 0. The highest BCUT2D eigenvalue weighted by Crippen LogP contribution is 2.61. The van der Waals surface area contributed by atoms with Gasteiger partial charge in [-0.3, -0.25) is 0 Å². The number of hydrogen-bond donors (Lipinski definition) is 0. The van der Waals surface area contributed by atoms with Crippen LogP contribution in [0.5, 0.6) is 0 Å². The molecule has 10 aromatic carbocycles. The zero-order valence-electron chi connectivity index (χ0n) is 34.3. The second-order valence-corrected chi connectivity index (χ2v) is 17.1. The molecule has 2 aliphatic carbocycles. The first-order valence-electron chi connectivity index (χ1n) is 21.4. The fourth-order valence-corrected chi connectivity index (χ4v) is 11.2. The largest absolute Gasteiger partial charge is 0.309 e. The van der Waals surface area contributed by atoms with Gasteiger partial charge in [-0.1, -0.05) is 214 Å². The Balaban J connectivity index is 1.17. The average molecular weight is 778 g/mol. The van der Waals surface area contributed by atoms with Crippen LogP contribution in [-0.2, 0) is 10.8 Å². The molecule has 61 heavy (non-hydrogen) atoms. The summed E-state index contributed by atoms with van der Waals surface area (Å²) in [6.45, 7) is 4.85. The normalized spacial score (nSPS) is 14.0. The number of hydrogen-bond acceptors (Lipinski definition) is 1. The maximum atomic E-state index is 2.56. The van der Waals surface area contributed by atoms with Crippen LogP contribution >= 0.6 is 0 Å². The summed E-state index contributed by atoms with van der Waals surface area (Å²) >= 11 is 0. The predicted octanol–water partition coefficient (Wildman–Crippen LogP) is 15.8. The minimum Gasteiger partial charge on any atom is -0.309 e. The first-order valence-corrected chi connectivity index (χ1v) is 21.4. The lowest BCUT2D eigenvalue weighted by Gasteiger charge is -2.35. The van der Waals surface area contributed by atoms with Crippen molar-refractivity contribution < 1.29 is 0 Å². The molecule has 0 aliphatic heterocycles. The third-order valence-corrected chi connectivity index (χ3v) is 13.7. The molecule has 0 N–H and O–H groups in total. The van der Waals surface area contributed by atoms with E-state index in [0.29, 0.717) is 0 Å². The summed E-state index contributed by atoms with van der Waals surface area (Å²) in [5.41, 5.74) is 18.1. The molecule has 0 fully saturated rings. The van der Waals surface area contributed by atoms with Crippen molar-refractivity contribution in [3.05, 3.63) is 258 Å². The monoisotopic (exact) mass is 777 g/mol. The van der Waals surface area contributed by atoms with Gasteiger partial charge in [-0.25, -0.2) is 0 Å². The zero-order valence-corrected chi connectivity index (χ0v) is 34.3. The molecule has 0 aromatic heterocycles. The van der Waals surface area contributed by atoms with Crippen molar-refractivity contribution in [2.24, 2.45) is 0 Å². The van der Waals surface area contributed by atoms with E-state index in [1.54, 1.807) is 0 Å². The Bertz CT molecular complexity index is 3290. The van der Waals surface area contributed by atoms with Crippen molar-refractivity contribution in [2.75, 3.05) is 4.90 Å². The van der Waals surface area contributed by atoms with Gasteiger partial charge in [0.2, 0.25) is 0 Å². The molecule has 0 amide bonds. The molecule has 0 heterocycles. The van der Waals surface area contributed by atoms with Crippen LogP contribution in [0.2, 0.25) is 0 Å². The number of fused-ring (bicyclic) bond motifs is 11. The van der Waals surface area contributed by atoms with Crippen LogP contribution in [0.1, 0.15) is 47.2 Å². The van der Waals surface area contributed by atoms with Gasteiger partial charge in [0.1, 0.15) is 0 Å². The Hall–Kier alpha value is -7.48.